The Labute approximate surface area is 151 Å². The fraction of sp³-hybridized carbons (Fsp3) is 0.235. The fourth-order valence-electron chi connectivity index (χ4n) is 2.60. The van der Waals surface area contributed by atoms with Crippen molar-refractivity contribution >= 4 is 38.9 Å². The summed E-state index contributed by atoms with van der Waals surface area (Å²) in [6, 6.07) is 11.5. The zero-order chi connectivity index (χ0) is 18.0. The highest BCUT2D eigenvalue weighted by atomic mass is 35.5. The minimum Gasteiger partial charge on any atom is -0.359 e. The SMILES string of the molecule is Cc1ccc(S(=O)(=O)Nc2ccc(N3CCNC(=O)C3)c(Cl)c2)cc1. The van der Waals surface area contributed by atoms with Gasteiger partial charge >= 0.3 is 0 Å². The van der Waals surface area contributed by atoms with E-state index in [1.165, 1.54) is 0 Å². The molecule has 2 aromatic carbocycles. The van der Waals surface area contributed by atoms with Crippen molar-refractivity contribution in [3.8, 4) is 0 Å². The van der Waals surface area contributed by atoms with E-state index in [0.717, 1.165) is 5.56 Å². The molecule has 0 aromatic heterocycles. The highest BCUT2D eigenvalue weighted by Crippen LogP contribution is 2.30. The van der Waals surface area contributed by atoms with Crippen LogP contribution in [0.5, 0.6) is 0 Å². The first-order valence-electron chi connectivity index (χ1n) is 7.76. The third kappa shape index (κ3) is 4.05. The van der Waals surface area contributed by atoms with E-state index in [0.29, 0.717) is 29.5 Å². The summed E-state index contributed by atoms with van der Waals surface area (Å²) in [7, 11) is -3.68. The van der Waals surface area contributed by atoms with E-state index in [4.69, 9.17) is 11.6 Å². The Bertz CT molecular complexity index is 898. The van der Waals surface area contributed by atoms with Gasteiger partial charge in [-0.15, -0.1) is 0 Å². The van der Waals surface area contributed by atoms with Crippen LogP contribution in [0.1, 0.15) is 5.56 Å². The molecule has 2 N–H and O–H groups in total. The van der Waals surface area contributed by atoms with Crippen LogP contribution in [-0.2, 0) is 14.8 Å². The Morgan fingerprint density at radius 2 is 1.88 bits per heavy atom. The number of sulfonamides is 1. The Balaban J connectivity index is 1.81. The Hall–Kier alpha value is -2.25. The van der Waals surface area contributed by atoms with Gasteiger partial charge in [-0.1, -0.05) is 29.3 Å². The van der Waals surface area contributed by atoms with E-state index in [1.807, 2.05) is 11.8 Å². The van der Waals surface area contributed by atoms with Crippen LogP contribution in [0.2, 0.25) is 5.02 Å². The van der Waals surface area contributed by atoms with Gasteiger partial charge in [0.15, 0.2) is 0 Å². The van der Waals surface area contributed by atoms with Gasteiger partial charge in [-0.25, -0.2) is 8.42 Å². The van der Waals surface area contributed by atoms with E-state index in [2.05, 4.69) is 10.0 Å². The largest absolute Gasteiger partial charge is 0.359 e. The van der Waals surface area contributed by atoms with Crippen molar-refractivity contribution in [2.75, 3.05) is 29.3 Å². The number of carbonyl (C=O) groups excluding carboxylic acids is 1. The Morgan fingerprint density at radius 1 is 1.16 bits per heavy atom. The summed E-state index contributed by atoms with van der Waals surface area (Å²) in [5.41, 5.74) is 2.06. The van der Waals surface area contributed by atoms with Crippen molar-refractivity contribution < 1.29 is 13.2 Å². The summed E-state index contributed by atoms with van der Waals surface area (Å²) < 4.78 is 27.4. The molecule has 0 spiro atoms. The lowest BCUT2D eigenvalue weighted by atomic mass is 10.2. The van der Waals surface area contributed by atoms with Crippen LogP contribution in [0.25, 0.3) is 0 Å². The molecule has 6 nitrogen and oxygen atoms in total. The molecular formula is C17H18ClN3O3S. The van der Waals surface area contributed by atoms with Gasteiger partial charge in [0.2, 0.25) is 5.91 Å². The molecule has 1 amide bonds. The van der Waals surface area contributed by atoms with Crippen molar-refractivity contribution in [3.05, 3.63) is 53.1 Å². The lowest BCUT2D eigenvalue weighted by Crippen LogP contribution is -2.47. The maximum Gasteiger partial charge on any atom is 0.261 e. The van der Waals surface area contributed by atoms with Gasteiger partial charge in [0, 0.05) is 13.1 Å². The molecular weight excluding hydrogens is 362 g/mol. The van der Waals surface area contributed by atoms with Crippen LogP contribution >= 0.6 is 11.6 Å². The molecule has 0 saturated carbocycles. The van der Waals surface area contributed by atoms with E-state index in [1.54, 1.807) is 42.5 Å². The van der Waals surface area contributed by atoms with Crippen LogP contribution in [0.3, 0.4) is 0 Å². The van der Waals surface area contributed by atoms with Crippen LogP contribution in [0.4, 0.5) is 11.4 Å². The number of aryl methyl sites for hydroxylation is 1. The molecule has 0 radical (unpaired) electrons. The maximum atomic E-state index is 12.4. The minimum absolute atomic E-state index is 0.0635. The van der Waals surface area contributed by atoms with Gasteiger partial charge in [0.05, 0.1) is 27.8 Å². The average Bonchev–Trinajstić information content (AvgIpc) is 2.55. The molecule has 0 bridgehead atoms. The number of piperazine rings is 1. The number of halogens is 1. The van der Waals surface area contributed by atoms with Gasteiger partial charge < -0.3 is 10.2 Å². The number of hydrogen-bond donors (Lipinski definition) is 2. The van der Waals surface area contributed by atoms with Crippen molar-refractivity contribution in [1.82, 2.24) is 5.32 Å². The molecule has 1 fully saturated rings. The fourth-order valence-corrected chi connectivity index (χ4v) is 3.95. The van der Waals surface area contributed by atoms with Crippen molar-refractivity contribution in [2.45, 2.75) is 11.8 Å². The topological polar surface area (TPSA) is 78.5 Å². The lowest BCUT2D eigenvalue weighted by Gasteiger charge is -2.29. The summed E-state index contributed by atoms with van der Waals surface area (Å²) in [5, 5.41) is 3.14. The standard InChI is InChI=1S/C17H18ClN3O3S/c1-12-2-5-14(6-3-12)25(23,24)20-13-4-7-16(15(18)10-13)21-9-8-19-17(22)11-21/h2-7,10,20H,8-9,11H2,1H3,(H,19,22). The molecule has 132 valence electrons. The summed E-state index contributed by atoms with van der Waals surface area (Å²) in [4.78, 5) is 13.6. The number of anilines is 2. The number of nitrogens with zero attached hydrogens (tertiary/aromatic N) is 1. The van der Waals surface area contributed by atoms with Crippen LogP contribution in [0.15, 0.2) is 47.4 Å². The maximum absolute atomic E-state index is 12.4. The second-order valence-electron chi connectivity index (χ2n) is 5.86. The molecule has 1 aliphatic heterocycles. The monoisotopic (exact) mass is 379 g/mol. The normalized spacial score (nSPS) is 15.0. The molecule has 3 rings (SSSR count). The number of benzene rings is 2. The lowest BCUT2D eigenvalue weighted by molar-refractivity contribution is -0.120. The molecule has 0 aliphatic carbocycles. The third-order valence-corrected chi connectivity index (χ3v) is 5.61. The van der Waals surface area contributed by atoms with Crippen LogP contribution < -0.4 is 14.9 Å². The molecule has 2 aromatic rings. The number of nitrogens with one attached hydrogen (secondary N) is 2. The summed E-state index contributed by atoms with van der Waals surface area (Å²) in [6.45, 7) is 3.33. The van der Waals surface area contributed by atoms with Gasteiger partial charge in [0.1, 0.15) is 0 Å². The Kier molecular flexibility index (Phi) is 4.87. The molecule has 8 heteroatoms. The van der Waals surface area contributed by atoms with Crippen LogP contribution in [0, 0.1) is 6.92 Å². The predicted octanol–water partition coefficient (Wildman–Crippen LogP) is 2.39. The van der Waals surface area contributed by atoms with Crippen molar-refractivity contribution in [1.29, 1.82) is 0 Å². The molecule has 1 aliphatic rings. The number of rotatable bonds is 4. The zero-order valence-corrected chi connectivity index (χ0v) is 15.2. The minimum atomic E-state index is -3.68. The van der Waals surface area contributed by atoms with E-state index in [9.17, 15) is 13.2 Å². The molecule has 1 heterocycles. The summed E-state index contributed by atoms with van der Waals surface area (Å²) in [5.74, 6) is -0.0635. The second-order valence-corrected chi connectivity index (χ2v) is 7.95. The second kappa shape index (κ2) is 6.93. The smallest absolute Gasteiger partial charge is 0.261 e. The summed E-state index contributed by atoms with van der Waals surface area (Å²) >= 11 is 6.30. The van der Waals surface area contributed by atoms with E-state index >= 15 is 0 Å². The van der Waals surface area contributed by atoms with Gasteiger partial charge in [-0.2, -0.15) is 0 Å². The third-order valence-electron chi connectivity index (χ3n) is 3.91. The molecule has 0 unspecified atom stereocenters. The summed E-state index contributed by atoms with van der Waals surface area (Å²) in [6.07, 6.45) is 0. The van der Waals surface area contributed by atoms with Gasteiger partial charge in [-0.3, -0.25) is 9.52 Å². The van der Waals surface area contributed by atoms with E-state index < -0.39 is 10.0 Å². The highest BCUT2D eigenvalue weighted by Gasteiger charge is 2.20. The molecule has 25 heavy (non-hydrogen) atoms. The van der Waals surface area contributed by atoms with Gasteiger partial charge in [0.25, 0.3) is 10.0 Å². The number of carbonyl (C=O) groups is 1. The van der Waals surface area contributed by atoms with Crippen molar-refractivity contribution in [3.63, 3.8) is 0 Å². The quantitative estimate of drug-likeness (QED) is 0.854. The molecule has 0 atom stereocenters. The average molecular weight is 380 g/mol. The molecule has 1 saturated heterocycles. The first-order chi connectivity index (χ1) is 11.8. The predicted molar refractivity (Wildman–Crippen MR) is 98.7 cm³/mol. The first kappa shape index (κ1) is 17.6. The first-order valence-corrected chi connectivity index (χ1v) is 9.62. The van der Waals surface area contributed by atoms with E-state index in [-0.39, 0.29) is 17.3 Å². The number of hydrogen-bond acceptors (Lipinski definition) is 4. The van der Waals surface area contributed by atoms with Crippen LogP contribution in [-0.4, -0.2) is 34.0 Å². The Morgan fingerprint density at radius 3 is 2.52 bits per heavy atom. The van der Waals surface area contributed by atoms with Crippen molar-refractivity contribution in [2.24, 2.45) is 0 Å². The number of amides is 1. The zero-order valence-electron chi connectivity index (χ0n) is 13.6. The van der Waals surface area contributed by atoms with Gasteiger partial charge in [-0.05, 0) is 37.3 Å². The highest BCUT2D eigenvalue weighted by molar-refractivity contribution is 7.92.